The predicted molar refractivity (Wildman–Crippen MR) is 244 cm³/mol. The van der Waals surface area contributed by atoms with Gasteiger partial charge in [-0.1, -0.05) is 239 Å². The standard InChI is InChI=1S/C50H99NO8/c1-3-5-7-9-11-13-15-17-19-20-21-22-23-24-25-26-28-30-32-34-36-38-40-46(54)51-43(42-58-50-49(57)48(56)47(55)45(41-52)59-50)44(53)39-37-35-33-31-29-27-18-16-14-12-10-8-6-4-2/h43-45,47-50,52-53,55-57H,3-42H2,1-2H3,(H,51,54)/t43-,44+,45+,47+,48?,49?,50+/m0/s1. The molecule has 1 rings (SSSR count). The average molecular weight is 842 g/mol. The van der Waals surface area contributed by atoms with E-state index in [4.69, 9.17) is 9.47 Å². The first-order chi connectivity index (χ1) is 28.8. The zero-order valence-corrected chi connectivity index (χ0v) is 38.8. The van der Waals surface area contributed by atoms with Crippen molar-refractivity contribution in [3.63, 3.8) is 0 Å². The van der Waals surface area contributed by atoms with Crippen LogP contribution in [0.5, 0.6) is 0 Å². The molecule has 1 aliphatic rings. The first-order valence-corrected chi connectivity index (χ1v) is 25.7. The second kappa shape index (κ2) is 41.2. The summed E-state index contributed by atoms with van der Waals surface area (Å²) in [5.41, 5.74) is 0. The summed E-state index contributed by atoms with van der Waals surface area (Å²) >= 11 is 0. The molecule has 0 aromatic rings. The zero-order valence-electron chi connectivity index (χ0n) is 38.8. The van der Waals surface area contributed by atoms with E-state index in [2.05, 4.69) is 19.2 Å². The summed E-state index contributed by atoms with van der Waals surface area (Å²) in [4.78, 5) is 13.0. The lowest BCUT2D eigenvalue weighted by atomic mass is 9.99. The number of rotatable bonds is 44. The van der Waals surface area contributed by atoms with Gasteiger partial charge in [-0.3, -0.25) is 4.79 Å². The van der Waals surface area contributed by atoms with Crippen LogP contribution in [0.3, 0.4) is 0 Å². The fraction of sp³-hybridized carbons (Fsp3) is 0.980. The molecule has 0 aliphatic carbocycles. The maximum absolute atomic E-state index is 13.0. The van der Waals surface area contributed by atoms with Gasteiger partial charge in [-0.2, -0.15) is 0 Å². The van der Waals surface area contributed by atoms with E-state index < -0.39 is 49.5 Å². The van der Waals surface area contributed by atoms with Crippen molar-refractivity contribution in [2.45, 2.75) is 301 Å². The molecule has 9 nitrogen and oxygen atoms in total. The van der Waals surface area contributed by atoms with Crippen LogP contribution in [0, 0.1) is 0 Å². The molecule has 1 heterocycles. The van der Waals surface area contributed by atoms with Gasteiger partial charge < -0.3 is 40.3 Å². The Hall–Kier alpha value is -0.810. The summed E-state index contributed by atoms with van der Waals surface area (Å²) in [6.07, 6.45) is 39.7. The van der Waals surface area contributed by atoms with Crippen LogP contribution in [-0.4, -0.2) is 87.5 Å². The van der Waals surface area contributed by atoms with E-state index in [1.807, 2.05) is 0 Å². The molecule has 1 saturated heterocycles. The molecule has 352 valence electrons. The Kier molecular flexibility index (Phi) is 39.3. The molecule has 7 atom stereocenters. The Morgan fingerprint density at radius 1 is 0.508 bits per heavy atom. The number of ether oxygens (including phenoxy) is 2. The number of amides is 1. The minimum Gasteiger partial charge on any atom is -0.394 e. The number of hydrogen-bond donors (Lipinski definition) is 6. The topological polar surface area (TPSA) is 149 Å². The van der Waals surface area contributed by atoms with Gasteiger partial charge in [0.25, 0.3) is 0 Å². The number of nitrogens with one attached hydrogen (secondary N) is 1. The van der Waals surface area contributed by atoms with Gasteiger partial charge in [0.1, 0.15) is 24.4 Å². The molecule has 0 spiro atoms. The third-order valence-corrected chi connectivity index (χ3v) is 12.7. The zero-order chi connectivity index (χ0) is 43.0. The van der Waals surface area contributed by atoms with Crippen molar-refractivity contribution in [3.05, 3.63) is 0 Å². The molecule has 0 saturated carbocycles. The first kappa shape index (κ1) is 56.2. The van der Waals surface area contributed by atoms with Gasteiger partial charge in [0.15, 0.2) is 6.29 Å². The van der Waals surface area contributed by atoms with E-state index in [9.17, 15) is 30.3 Å². The molecule has 6 N–H and O–H groups in total. The van der Waals surface area contributed by atoms with Crippen molar-refractivity contribution in [3.8, 4) is 0 Å². The second-order valence-electron chi connectivity index (χ2n) is 18.3. The molecule has 0 radical (unpaired) electrons. The van der Waals surface area contributed by atoms with Gasteiger partial charge in [0, 0.05) is 6.42 Å². The smallest absolute Gasteiger partial charge is 0.220 e. The number of carbonyl (C=O) groups is 1. The highest BCUT2D eigenvalue weighted by atomic mass is 16.7. The van der Waals surface area contributed by atoms with Crippen LogP contribution in [0.2, 0.25) is 0 Å². The van der Waals surface area contributed by atoms with Crippen LogP contribution in [0.4, 0.5) is 0 Å². The summed E-state index contributed by atoms with van der Waals surface area (Å²) in [6.45, 7) is 3.86. The summed E-state index contributed by atoms with van der Waals surface area (Å²) in [5.74, 6) is -0.138. The van der Waals surface area contributed by atoms with Gasteiger partial charge in [-0.25, -0.2) is 0 Å². The number of aliphatic hydroxyl groups is 5. The van der Waals surface area contributed by atoms with Crippen LogP contribution in [0.25, 0.3) is 0 Å². The first-order valence-electron chi connectivity index (χ1n) is 25.7. The van der Waals surface area contributed by atoms with Gasteiger partial charge in [0.05, 0.1) is 25.4 Å². The third kappa shape index (κ3) is 31.6. The molecule has 0 bridgehead atoms. The SMILES string of the molecule is CCCCCCCCCCCCCCCCCCCCCCCCC(=O)N[C@@H](CO[C@@H]1O[C@H](CO)[C@@H](O)C(O)C1O)[C@H](O)CCCCCCCCCCCCCCCC. The molecule has 1 aliphatic heterocycles. The lowest BCUT2D eigenvalue weighted by Crippen LogP contribution is -2.60. The summed E-state index contributed by atoms with van der Waals surface area (Å²) in [6, 6.07) is -0.712. The van der Waals surface area contributed by atoms with Gasteiger partial charge in [-0.15, -0.1) is 0 Å². The highest BCUT2D eigenvalue weighted by Crippen LogP contribution is 2.23. The van der Waals surface area contributed by atoms with Crippen LogP contribution in [0.15, 0.2) is 0 Å². The minimum absolute atomic E-state index is 0.131. The molecule has 1 amide bonds. The summed E-state index contributed by atoms with van der Waals surface area (Å²) in [7, 11) is 0. The number of aliphatic hydroxyl groups excluding tert-OH is 5. The molecule has 0 aromatic heterocycles. The maximum atomic E-state index is 13.0. The lowest BCUT2D eigenvalue weighted by molar-refractivity contribution is -0.302. The molecule has 9 heteroatoms. The largest absolute Gasteiger partial charge is 0.394 e. The highest BCUT2D eigenvalue weighted by Gasteiger charge is 2.44. The molecule has 1 fully saturated rings. The second-order valence-corrected chi connectivity index (χ2v) is 18.3. The Labute approximate surface area is 364 Å². The van der Waals surface area contributed by atoms with Crippen molar-refractivity contribution in [1.29, 1.82) is 0 Å². The number of unbranched alkanes of at least 4 members (excludes halogenated alkanes) is 34. The van der Waals surface area contributed by atoms with Gasteiger partial charge in [-0.05, 0) is 12.8 Å². The maximum Gasteiger partial charge on any atom is 0.220 e. The fourth-order valence-corrected chi connectivity index (χ4v) is 8.58. The van der Waals surface area contributed by atoms with Crippen molar-refractivity contribution in [2.75, 3.05) is 13.2 Å². The Balaban J connectivity index is 2.22. The normalized spacial score (nSPS) is 20.6. The van der Waals surface area contributed by atoms with Crippen LogP contribution in [0.1, 0.15) is 258 Å². The van der Waals surface area contributed by atoms with E-state index in [1.54, 1.807) is 0 Å². The van der Waals surface area contributed by atoms with Crippen LogP contribution < -0.4 is 5.32 Å². The van der Waals surface area contributed by atoms with Crippen molar-refractivity contribution < 1.29 is 39.8 Å². The van der Waals surface area contributed by atoms with Gasteiger partial charge >= 0.3 is 0 Å². The number of hydrogen-bond acceptors (Lipinski definition) is 8. The minimum atomic E-state index is -1.55. The Morgan fingerprint density at radius 3 is 1.20 bits per heavy atom. The summed E-state index contributed by atoms with van der Waals surface area (Å²) in [5, 5.41) is 54.5. The fourth-order valence-electron chi connectivity index (χ4n) is 8.58. The van der Waals surface area contributed by atoms with Crippen LogP contribution >= 0.6 is 0 Å². The third-order valence-electron chi connectivity index (χ3n) is 12.7. The summed E-state index contributed by atoms with van der Waals surface area (Å²) < 4.78 is 11.3. The molecular formula is C50H99NO8. The van der Waals surface area contributed by atoms with Crippen molar-refractivity contribution in [1.82, 2.24) is 5.32 Å². The van der Waals surface area contributed by atoms with Crippen LogP contribution in [-0.2, 0) is 14.3 Å². The molecular weight excluding hydrogens is 743 g/mol. The number of carbonyl (C=O) groups excluding carboxylic acids is 1. The molecule has 0 aromatic carbocycles. The van der Waals surface area contributed by atoms with E-state index in [0.717, 1.165) is 38.5 Å². The molecule has 2 unspecified atom stereocenters. The molecule has 59 heavy (non-hydrogen) atoms. The predicted octanol–water partition coefficient (Wildman–Crippen LogP) is 11.5. The Morgan fingerprint density at radius 2 is 0.847 bits per heavy atom. The quantitative estimate of drug-likeness (QED) is 0.0332. The van der Waals surface area contributed by atoms with E-state index in [-0.39, 0.29) is 12.5 Å². The highest BCUT2D eigenvalue weighted by molar-refractivity contribution is 5.76. The van der Waals surface area contributed by atoms with Gasteiger partial charge in [0.2, 0.25) is 5.91 Å². The monoisotopic (exact) mass is 842 g/mol. The van der Waals surface area contributed by atoms with E-state index in [1.165, 1.54) is 193 Å². The van der Waals surface area contributed by atoms with Crippen molar-refractivity contribution >= 4 is 5.91 Å². The average Bonchev–Trinajstić information content (AvgIpc) is 3.23. The van der Waals surface area contributed by atoms with Crippen molar-refractivity contribution in [2.24, 2.45) is 0 Å². The van der Waals surface area contributed by atoms with E-state index in [0.29, 0.717) is 12.8 Å². The Bertz CT molecular complexity index is 893. The van der Waals surface area contributed by atoms with E-state index >= 15 is 0 Å². The lowest BCUT2D eigenvalue weighted by Gasteiger charge is -2.40.